The number of nitrogens with zero attached hydrogens (tertiary/aromatic N) is 5. The predicted octanol–water partition coefficient (Wildman–Crippen LogP) is 0.932. The second kappa shape index (κ2) is 6.18. The second-order valence-electron chi connectivity index (χ2n) is 5.43. The van der Waals surface area contributed by atoms with Crippen molar-refractivity contribution >= 4 is 5.91 Å². The van der Waals surface area contributed by atoms with Gasteiger partial charge in [-0.05, 0) is 0 Å². The van der Waals surface area contributed by atoms with Crippen LogP contribution in [0.1, 0.15) is 48.0 Å². The number of ether oxygens (including phenoxy) is 1. The first kappa shape index (κ1) is 14.6. The van der Waals surface area contributed by atoms with Gasteiger partial charge in [0.25, 0.3) is 5.91 Å². The minimum atomic E-state index is -0.297. The highest BCUT2D eigenvalue weighted by Gasteiger charge is 2.29. The van der Waals surface area contributed by atoms with Crippen LogP contribution in [0.5, 0.6) is 0 Å². The van der Waals surface area contributed by atoms with Gasteiger partial charge in [0.15, 0.2) is 11.6 Å². The molecule has 1 aliphatic heterocycles. The third-order valence-corrected chi connectivity index (χ3v) is 3.48. The fraction of sp³-hybridized carbons (Fsp3) is 0.500. The van der Waals surface area contributed by atoms with Gasteiger partial charge in [0.05, 0.1) is 19.3 Å². The highest BCUT2D eigenvalue weighted by molar-refractivity contribution is 5.92. The molecule has 1 aliphatic rings. The number of aromatic nitrogens is 5. The molecule has 3 rings (SSSR count). The van der Waals surface area contributed by atoms with Crippen molar-refractivity contribution in [2.24, 2.45) is 0 Å². The average molecular weight is 302 g/mol. The number of nitrogens with one attached hydrogen (secondary N) is 1. The smallest absolute Gasteiger partial charge is 0.274 e. The monoisotopic (exact) mass is 302 g/mol. The molecule has 0 aromatic carbocycles. The Kier molecular flexibility index (Phi) is 4.10. The minimum Gasteiger partial charge on any atom is -0.367 e. The summed E-state index contributed by atoms with van der Waals surface area (Å²) < 4.78 is 5.71. The Labute approximate surface area is 127 Å². The number of hydrogen-bond donors (Lipinski definition) is 1. The van der Waals surface area contributed by atoms with Gasteiger partial charge in [0.2, 0.25) is 0 Å². The lowest BCUT2D eigenvalue weighted by Gasteiger charge is -2.31. The zero-order valence-corrected chi connectivity index (χ0v) is 12.6. The standard InChI is InChI=1S/C14H18N6O2/c1-9(2)12-17-13(19-18-12)11-8-20(5-6-22-11)14(21)10-7-15-3-4-16-10/h3-4,7,9,11H,5-6,8H2,1-2H3,(H,17,18,19)/t11-/m0/s1. The van der Waals surface area contributed by atoms with E-state index in [0.29, 0.717) is 31.2 Å². The zero-order valence-electron chi connectivity index (χ0n) is 12.6. The number of morpholine rings is 1. The summed E-state index contributed by atoms with van der Waals surface area (Å²) in [5.41, 5.74) is 0.337. The average Bonchev–Trinajstić information content (AvgIpc) is 3.05. The molecule has 2 aromatic rings. The van der Waals surface area contributed by atoms with Crippen molar-refractivity contribution in [1.82, 2.24) is 30.0 Å². The lowest BCUT2D eigenvalue weighted by Crippen LogP contribution is -2.42. The molecule has 0 unspecified atom stereocenters. The van der Waals surface area contributed by atoms with E-state index >= 15 is 0 Å². The van der Waals surface area contributed by atoms with Crippen LogP contribution in [0.25, 0.3) is 0 Å². The summed E-state index contributed by atoms with van der Waals surface area (Å²) in [5, 5.41) is 7.08. The number of aromatic amines is 1. The number of rotatable bonds is 3. The predicted molar refractivity (Wildman–Crippen MR) is 77.1 cm³/mol. The molecule has 1 amide bonds. The van der Waals surface area contributed by atoms with E-state index in [1.165, 1.54) is 12.4 Å². The van der Waals surface area contributed by atoms with Crippen LogP contribution in [0, 0.1) is 0 Å². The van der Waals surface area contributed by atoms with Crippen LogP contribution in [0.15, 0.2) is 18.6 Å². The lowest BCUT2D eigenvalue weighted by molar-refractivity contribution is -0.0268. The molecule has 1 saturated heterocycles. The normalized spacial score (nSPS) is 18.7. The molecule has 3 heterocycles. The van der Waals surface area contributed by atoms with E-state index in [1.807, 2.05) is 13.8 Å². The SMILES string of the molecule is CC(C)c1n[nH]c([C@@H]2CN(C(=O)c3cnccn3)CCO2)n1. The van der Waals surface area contributed by atoms with Gasteiger partial charge in [-0.3, -0.25) is 14.9 Å². The zero-order chi connectivity index (χ0) is 15.5. The van der Waals surface area contributed by atoms with Crippen molar-refractivity contribution in [3.8, 4) is 0 Å². The first-order valence-electron chi connectivity index (χ1n) is 7.24. The van der Waals surface area contributed by atoms with E-state index in [2.05, 4.69) is 25.1 Å². The largest absolute Gasteiger partial charge is 0.367 e. The summed E-state index contributed by atoms with van der Waals surface area (Å²) in [5.74, 6) is 1.49. The molecule has 0 saturated carbocycles. The molecule has 22 heavy (non-hydrogen) atoms. The fourth-order valence-electron chi connectivity index (χ4n) is 2.26. The Morgan fingerprint density at radius 1 is 1.45 bits per heavy atom. The van der Waals surface area contributed by atoms with Gasteiger partial charge in [-0.2, -0.15) is 5.10 Å². The molecule has 1 fully saturated rings. The van der Waals surface area contributed by atoms with Crippen LogP contribution < -0.4 is 0 Å². The third-order valence-electron chi connectivity index (χ3n) is 3.48. The maximum Gasteiger partial charge on any atom is 0.274 e. The van der Waals surface area contributed by atoms with Crippen LogP contribution in [0.4, 0.5) is 0 Å². The van der Waals surface area contributed by atoms with E-state index in [0.717, 1.165) is 5.82 Å². The van der Waals surface area contributed by atoms with Crippen molar-refractivity contribution in [3.63, 3.8) is 0 Å². The Balaban J connectivity index is 1.72. The first-order chi connectivity index (χ1) is 10.6. The van der Waals surface area contributed by atoms with Crippen molar-refractivity contribution < 1.29 is 9.53 Å². The van der Waals surface area contributed by atoms with Crippen LogP contribution in [0.2, 0.25) is 0 Å². The van der Waals surface area contributed by atoms with E-state index < -0.39 is 0 Å². The summed E-state index contributed by atoms with van der Waals surface area (Å²) in [4.78, 5) is 26.5. The summed E-state index contributed by atoms with van der Waals surface area (Å²) >= 11 is 0. The maximum absolute atomic E-state index is 12.4. The molecule has 2 aromatic heterocycles. The Morgan fingerprint density at radius 3 is 3.00 bits per heavy atom. The van der Waals surface area contributed by atoms with E-state index in [1.54, 1.807) is 11.1 Å². The lowest BCUT2D eigenvalue weighted by atomic mass is 10.2. The van der Waals surface area contributed by atoms with Gasteiger partial charge < -0.3 is 9.64 Å². The third kappa shape index (κ3) is 2.96. The molecule has 0 bridgehead atoms. The molecule has 8 nitrogen and oxygen atoms in total. The number of H-pyrrole nitrogens is 1. The molecule has 1 atom stereocenters. The van der Waals surface area contributed by atoms with Gasteiger partial charge in [-0.15, -0.1) is 0 Å². The second-order valence-corrected chi connectivity index (χ2v) is 5.43. The first-order valence-corrected chi connectivity index (χ1v) is 7.24. The Hall–Kier alpha value is -2.35. The Bertz CT molecular complexity index is 642. The molecular weight excluding hydrogens is 284 g/mol. The van der Waals surface area contributed by atoms with Crippen LogP contribution in [0.3, 0.4) is 0 Å². The molecular formula is C14H18N6O2. The van der Waals surface area contributed by atoms with Gasteiger partial charge in [0, 0.05) is 24.9 Å². The van der Waals surface area contributed by atoms with Crippen LogP contribution in [-0.2, 0) is 4.74 Å². The molecule has 0 spiro atoms. The Morgan fingerprint density at radius 2 is 2.32 bits per heavy atom. The van der Waals surface area contributed by atoms with Gasteiger partial charge in [0.1, 0.15) is 11.8 Å². The van der Waals surface area contributed by atoms with Crippen molar-refractivity contribution in [1.29, 1.82) is 0 Å². The number of hydrogen-bond acceptors (Lipinski definition) is 6. The quantitative estimate of drug-likeness (QED) is 0.906. The number of carbonyl (C=O) groups excluding carboxylic acids is 1. The van der Waals surface area contributed by atoms with Crippen molar-refractivity contribution in [2.75, 3.05) is 19.7 Å². The molecule has 0 aliphatic carbocycles. The number of carbonyl (C=O) groups is 1. The highest BCUT2D eigenvalue weighted by atomic mass is 16.5. The topological polar surface area (TPSA) is 96.9 Å². The summed E-state index contributed by atoms with van der Waals surface area (Å²) in [6, 6.07) is 0. The van der Waals surface area contributed by atoms with Gasteiger partial charge in [-0.25, -0.2) is 9.97 Å². The summed E-state index contributed by atoms with van der Waals surface area (Å²) in [6.45, 7) is 5.45. The van der Waals surface area contributed by atoms with Crippen molar-refractivity contribution in [3.05, 3.63) is 35.9 Å². The molecule has 0 radical (unpaired) electrons. The summed E-state index contributed by atoms with van der Waals surface area (Å²) in [6.07, 6.45) is 4.23. The molecule has 8 heteroatoms. The van der Waals surface area contributed by atoms with E-state index in [9.17, 15) is 4.79 Å². The van der Waals surface area contributed by atoms with Gasteiger partial charge in [-0.1, -0.05) is 13.8 Å². The van der Waals surface area contributed by atoms with E-state index in [4.69, 9.17) is 4.74 Å². The van der Waals surface area contributed by atoms with Crippen molar-refractivity contribution in [2.45, 2.75) is 25.9 Å². The number of amides is 1. The summed E-state index contributed by atoms with van der Waals surface area (Å²) in [7, 11) is 0. The van der Waals surface area contributed by atoms with Gasteiger partial charge >= 0.3 is 0 Å². The minimum absolute atomic E-state index is 0.148. The van der Waals surface area contributed by atoms with Crippen LogP contribution in [-0.4, -0.2) is 55.7 Å². The molecule has 116 valence electrons. The fourth-order valence-corrected chi connectivity index (χ4v) is 2.26. The molecule has 1 N–H and O–H groups in total. The maximum atomic E-state index is 12.4. The van der Waals surface area contributed by atoms with E-state index in [-0.39, 0.29) is 17.9 Å². The van der Waals surface area contributed by atoms with Crippen LogP contribution >= 0.6 is 0 Å². The highest BCUT2D eigenvalue weighted by Crippen LogP contribution is 2.21.